The number of nitrogens with one attached hydrogen (secondary N) is 1. The summed E-state index contributed by atoms with van der Waals surface area (Å²) in [5.74, 6) is -0.578. The summed E-state index contributed by atoms with van der Waals surface area (Å²) in [6.07, 6.45) is 9.00. The highest BCUT2D eigenvalue weighted by molar-refractivity contribution is 6.32. The molecule has 2 aromatic carbocycles. The minimum atomic E-state index is -3.32. The molecule has 1 atom stereocenters. The van der Waals surface area contributed by atoms with Crippen LogP contribution in [0.1, 0.15) is 93.0 Å². The van der Waals surface area contributed by atoms with Crippen LogP contribution in [0.15, 0.2) is 36.4 Å². The zero-order valence-corrected chi connectivity index (χ0v) is 23.4. The molecule has 0 spiro atoms. The summed E-state index contributed by atoms with van der Waals surface area (Å²) in [5.41, 5.74) is 11.3. The van der Waals surface area contributed by atoms with E-state index in [1.54, 1.807) is 6.07 Å². The van der Waals surface area contributed by atoms with E-state index in [9.17, 15) is 22.8 Å². The third kappa shape index (κ3) is 8.21. The average Bonchev–Trinajstić information content (AvgIpc) is 3.58. The number of alkyl halides is 2. The number of benzene rings is 2. The lowest BCUT2D eigenvalue weighted by Crippen LogP contribution is -2.41. The summed E-state index contributed by atoms with van der Waals surface area (Å²) in [7, 11) is 0. The molecule has 39 heavy (non-hydrogen) atoms. The van der Waals surface area contributed by atoms with Gasteiger partial charge in [-0.15, -0.1) is 0 Å². The Balaban J connectivity index is 0.000000242. The Morgan fingerprint density at radius 3 is 2.21 bits per heavy atom. The number of halogens is 4. The van der Waals surface area contributed by atoms with Gasteiger partial charge in [-0.3, -0.25) is 15.3 Å². The maximum atomic E-state index is 14.7. The van der Waals surface area contributed by atoms with E-state index in [0.29, 0.717) is 17.0 Å². The van der Waals surface area contributed by atoms with Gasteiger partial charge in [0.05, 0.1) is 11.1 Å². The van der Waals surface area contributed by atoms with Gasteiger partial charge in [-0.1, -0.05) is 74.5 Å². The van der Waals surface area contributed by atoms with Crippen LogP contribution < -0.4 is 16.8 Å². The lowest BCUT2D eigenvalue weighted by atomic mass is 9.76. The minimum absolute atomic E-state index is 0.0718. The number of amides is 2. The lowest BCUT2D eigenvalue weighted by molar-refractivity contribution is -0.126. The van der Waals surface area contributed by atoms with E-state index in [2.05, 4.69) is 18.0 Å². The van der Waals surface area contributed by atoms with Crippen molar-refractivity contribution in [2.24, 2.45) is 22.8 Å². The summed E-state index contributed by atoms with van der Waals surface area (Å²) in [6.45, 7) is 4.05. The highest BCUT2D eigenvalue weighted by atomic mass is 35.5. The molecule has 9 heteroatoms. The van der Waals surface area contributed by atoms with E-state index in [1.165, 1.54) is 30.3 Å². The molecule has 2 aromatic rings. The molecular weight excluding hydrogens is 527 g/mol. The molecule has 5 nitrogen and oxygen atoms in total. The molecule has 2 saturated carbocycles. The maximum Gasteiger partial charge on any atom is 0.326 e. The highest BCUT2D eigenvalue weighted by Crippen LogP contribution is 2.49. The van der Waals surface area contributed by atoms with Gasteiger partial charge in [0.15, 0.2) is 0 Å². The van der Waals surface area contributed by atoms with E-state index in [-0.39, 0.29) is 41.1 Å². The molecule has 0 radical (unpaired) electrons. The quantitative estimate of drug-likeness (QED) is 0.306. The minimum Gasteiger partial charge on any atom is -0.370 e. The largest absolute Gasteiger partial charge is 0.370 e. The molecule has 0 aliphatic heterocycles. The molecule has 0 saturated heterocycles. The fourth-order valence-electron chi connectivity index (χ4n) is 5.62. The molecule has 2 fully saturated rings. The van der Waals surface area contributed by atoms with Crippen LogP contribution in [-0.2, 0) is 22.1 Å². The van der Waals surface area contributed by atoms with Gasteiger partial charge in [-0.25, -0.2) is 4.39 Å². The number of nitrogens with two attached hydrogens (primary N) is 2. The molecule has 0 aromatic heterocycles. The van der Waals surface area contributed by atoms with Crippen molar-refractivity contribution in [2.45, 2.75) is 90.1 Å². The zero-order valence-electron chi connectivity index (χ0n) is 22.7. The third-order valence-corrected chi connectivity index (χ3v) is 8.56. The molecule has 1 unspecified atom stereocenters. The number of rotatable bonds is 8. The van der Waals surface area contributed by atoms with E-state index < -0.39 is 12.0 Å². The molecule has 2 aliphatic carbocycles. The molecular formula is C30H39ClF3N3O2. The fourth-order valence-corrected chi connectivity index (χ4v) is 5.88. The standard InChI is InChI=1S/C20H27ClFNO.C10H12F2N2O/c1-13-9-10-15(22)16(17(13)21)18(20(2)11-5-6-12-20)23-19(24)14-7-3-4-8-14;11-10(12,14)8-4-1-7(2-5-8)3-6-9(13)15/h9-10,14,18H,3-8,11-12H2,1-2H3,(H,23,24);1-2,4-5H,3,6,14H2,(H2,13,15). The topological polar surface area (TPSA) is 98.2 Å². The summed E-state index contributed by atoms with van der Waals surface area (Å²) in [6, 6.07) is 5.03. The summed E-state index contributed by atoms with van der Waals surface area (Å²) < 4.78 is 39.9. The van der Waals surface area contributed by atoms with Gasteiger partial charge in [0, 0.05) is 23.5 Å². The van der Waals surface area contributed by atoms with Crippen LogP contribution in [0.5, 0.6) is 0 Å². The predicted molar refractivity (Wildman–Crippen MR) is 148 cm³/mol. The SMILES string of the molecule is Cc1ccc(F)c(C(NC(=O)C2CCCC2)C2(C)CCCC2)c1Cl.NC(=O)CCc1ccc(C(N)(F)F)cc1. The number of carbonyl (C=O) groups excluding carboxylic acids is 2. The Morgan fingerprint density at radius 1 is 1.08 bits per heavy atom. The van der Waals surface area contributed by atoms with Crippen molar-refractivity contribution in [3.63, 3.8) is 0 Å². The maximum absolute atomic E-state index is 14.7. The summed E-state index contributed by atoms with van der Waals surface area (Å²) >= 11 is 6.49. The Bertz CT molecular complexity index is 1140. The molecule has 2 aliphatic rings. The van der Waals surface area contributed by atoms with Gasteiger partial charge in [-0.05, 0) is 61.6 Å². The molecule has 4 rings (SSSR count). The first-order chi connectivity index (χ1) is 18.3. The van der Waals surface area contributed by atoms with Gasteiger partial charge >= 0.3 is 6.05 Å². The van der Waals surface area contributed by atoms with Crippen molar-refractivity contribution in [1.29, 1.82) is 0 Å². The Kier molecular flexibility index (Phi) is 10.5. The van der Waals surface area contributed by atoms with Crippen molar-refractivity contribution >= 4 is 23.4 Å². The van der Waals surface area contributed by atoms with Crippen LogP contribution in [0.3, 0.4) is 0 Å². The third-order valence-electron chi connectivity index (χ3n) is 8.06. The van der Waals surface area contributed by atoms with E-state index >= 15 is 0 Å². The number of aryl methyl sites for hydroxylation is 2. The average molecular weight is 566 g/mol. The van der Waals surface area contributed by atoms with Gasteiger partial charge in [0.2, 0.25) is 11.8 Å². The summed E-state index contributed by atoms with van der Waals surface area (Å²) in [4.78, 5) is 23.2. The van der Waals surface area contributed by atoms with Crippen molar-refractivity contribution in [3.05, 3.63) is 69.5 Å². The number of carbonyl (C=O) groups is 2. The molecule has 0 bridgehead atoms. The first-order valence-corrected chi connectivity index (χ1v) is 14.0. The smallest absolute Gasteiger partial charge is 0.326 e. The molecule has 5 N–H and O–H groups in total. The Morgan fingerprint density at radius 2 is 1.67 bits per heavy atom. The highest BCUT2D eigenvalue weighted by Gasteiger charge is 2.42. The monoisotopic (exact) mass is 565 g/mol. The van der Waals surface area contributed by atoms with Gasteiger partial charge < -0.3 is 11.1 Å². The van der Waals surface area contributed by atoms with E-state index in [1.807, 2.05) is 6.92 Å². The van der Waals surface area contributed by atoms with Crippen LogP contribution in [0, 0.1) is 24.1 Å². The van der Waals surface area contributed by atoms with Crippen LogP contribution in [-0.4, -0.2) is 11.8 Å². The van der Waals surface area contributed by atoms with Gasteiger partial charge in [-0.2, -0.15) is 8.78 Å². The second-order valence-electron chi connectivity index (χ2n) is 11.2. The van der Waals surface area contributed by atoms with Crippen LogP contribution >= 0.6 is 11.6 Å². The first-order valence-electron chi connectivity index (χ1n) is 13.6. The van der Waals surface area contributed by atoms with E-state index in [4.69, 9.17) is 17.3 Å². The summed E-state index contributed by atoms with van der Waals surface area (Å²) in [5, 5.41) is 3.66. The number of primary amides is 1. The van der Waals surface area contributed by atoms with Crippen molar-refractivity contribution in [1.82, 2.24) is 5.32 Å². The zero-order chi connectivity index (χ0) is 28.8. The van der Waals surface area contributed by atoms with Gasteiger partial charge in [0.1, 0.15) is 5.82 Å². The molecule has 0 heterocycles. The number of hydrogen-bond donors (Lipinski definition) is 3. The van der Waals surface area contributed by atoms with Crippen LogP contribution in [0.4, 0.5) is 13.2 Å². The lowest BCUT2D eigenvalue weighted by Gasteiger charge is -2.36. The Labute approximate surface area is 233 Å². The first kappa shape index (κ1) is 31.0. The van der Waals surface area contributed by atoms with Crippen molar-refractivity contribution in [2.75, 3.05) is 0 Å². The second kappa shape index (κ2) is 13.2. The number of hydrogen-bond acceptors (Lipinski definition) is 3. The molecule has 2 amide bonds. The Hall–Kier alpha value is -2.58. The van der Waals surface area contributed by atoms with Crippen LogP contribution in [0.2, 0.25) is 5.02 Å². The second-order valence-corrected chi connectivity index (χ2v) is 11.5. The van der Waals surface area contributed by atoms with E-state index in [0.717, 1.165) is 62.5 Å². The van der Waals surface area contributed by atoms with Gasteiger partial charge in [0.25, 0.3) is 0 Å². The van der Waals surface area contributed by atoms with Crippen LogP contribution in [0.25, 0.3) is 0 Å². The molecule has 214 valence electrons. The predicted octanol–water partition coefficient (Wildman–Crippen LogP) is 6.83. The fraction of sp³-hybridized carbons (Fsp3) is 0.533. The van der Waals surface area contributed by atoms with Crippen molar-refractivity contribution < 1.29 is 22.8 Å². The normalized spacial score (nSPS) is 17.8. The van der Waals surface area contributed by atoms with Crippen molar-refractivity contribution in [3.8, 4) is 0 Å².